The van der Waals surface area contributed by atoms with E-state index in [0.29, 0.717) is 28.0 Å². The number of ether oxygens (including phenoxy) is 2. The van der Waals surface area contributed by atoms with E-state index in [-0.39, 0.29) is 18.6 Å². The summed E-state index contributed by atoms with van der Waals surface area (Å²) in [6, 6.07) is 5.53. The van der Waals surface area contributed by atoms with Crippen LogP contribution in [0.4, 0.5) is 4.39 Å². The monoisotopic (exact) mass is 567 g/mol. The molecular weight excluding hydrogens is 537 g/mol. The number of pyridine rings is 2. The summed E-state index contributed by atoms with van der Waals surface area (Å²) in [7, 11) is 0. The van der Waals surface area contributed by atoms with E-state index in [1.165, 1.54) is 12.1 Å². The summed E-state index contributed by atoms with van der Waals surface area (Å²) in [6.45, 7) is 5.69. The van der Waals surface area contributed by atoms with Gasteiger partial charge in [-0.15, -0.1) is 5.10 Å². The Hall–Kier alpha value is -3.12. The molecule has 10 nitrogen and oxygen atoms in total. The maximum atomic E-state index is 13.5. The largest absolute Gasteiger partial charge is 0.488 e. The molecule has 4 aromatic rings. The quantitative estimate of drug-likeness (QED) is 0.343. The van der Waals surface area contributed by atoms with Gasteiger partial charge >= 0.3 is 0 Å². The molecule has 4 aromatic heterocycles. The van der Waals surface area contributed by atoms with Crippen molar-refractivity contribution >= 4 is 17.1 Å². The first-order valence-electron chi connectivity index (χ1n) is 13.8. The fourth-order valence-electron chi connectivity index (χ4n) is 5.95. The van der Waals surface area contributed by atoms with Crippen LogP contribution in [0.5, 0.6) is 5.75 Å². The van der Waals surface area contributed by atoms with Gasteiger partial charge in [0.1, 0.15) is 35.0 Å². The topological polar surface area (TPSA) is 103 Å². The smallest absolute Gasteiger partial charge is 0.147 e. The van der Waals surface area contributed by atoms with Gasteiger partial charge in [0.25, 0.3) is 0 Å². The number of aliphatic hydroxyl groups is 1. The second kappa shape index (κ2) is 10.1. The Morgan fingerprint density at radius 3 is 2.62 bits per heavy atom. The summed E-state index contributed by atoms with van der Waals surface area (Å²) < 4.78 is 28.9. The number of aromatic nitrogens is 6. The first-order chi connectivity index (χ1) is 19.4. The van der Waals surface area contributed by atoms with E-state index < -0.39 is 11.4 Å². The molecule has 0 unspecified atom stereocenters. The first-order valence-corrected chi connectivity index (χ1v) is 14.2. The lowest BCUT2D eigenvalue weighted by Gasteiger charge is -2.41. The molecule has 1 saturated carbocycles. The van der Waals surface area contributed by atoms with Crippen LogP contribution >= 0.6 is 11.6 Å². The van der Waals surface area contributed by atoms with E-state index >= 15 is 0 Å². The lowest BCUT2D eigenvalue weighted by molar-refractivity contribution is -0.0735. The Morgan fingerprint density at radius 2 is 1.95 bits per heavy atom. The highest BCUT2D eigenvalue weighted by atomic mass is 35.5. The highest BCUT2D eigenvalue weighted by molar-refractivity contribution is 6.34. The van der Waals surface area contributed by atoms with Crippen molar-refractivity contribution in [2.75, 3.05) is 32.9 Å². The molecule has 6 heterocycles. The number of piperidine rings is 1. The van der Waals surface area contributed by atoms with E-state index in [1.54, 1.807) is 10.7 Å². The molecule has 2 saturated heterocycles. The molecule has 0 amide bonds. The molecule has 2 aliphatic heterocycles. The zero-order chi connectivity index (χ0) is 27.4. The summed E-state index contributed by atoms with van der Waals surface area (Å²) in [6.07, 6.45) is 8.26. The molecule has 3 aliphatic rings. The Labute approximate surface area is 235 Å². The Kier molecular flexibility index (Phi) is 6.49. The number of halogens is 2. The Bertz CT molecular complexity index is 1530. The van der Waals surface area contributed by atoms with Crippen molar-refractivity contribution in [3.63, 3.8) is 0 Å². The first kappa shape index (κ1) is 25.8. The molecule has 7 rings (SSSR count). The third-order valence-corrected chi connectivity index (χ3v) is 8.86. The normalized spacial score (nSPS) is 20.5. The standard InChI is InChI=1S/C28H31ClFN7O3/c1-17-26(33-34-37(17)21-6-8-35(9-7-21)22-14-39-15-22)18-10-24(27-23(29)12-32-36(27)13-18)40-16-28(38,19-2-3-19)25-5-4-20(30)11-31-25/h4-5,10-13,19,21-22,38H,2-3,6-9,14-16H2,1H3/t28-/m0/s1. The minimum atomic E-state index is -1.35. The van der Waals surface area contributed by atoms with Crippen LogP contribution in [0, 0.1) is 18.7 Å². The number of hydrogen-bond acceptors (Lipinski definition) is 8. The maximum Gasteiger partial charge on any atom is 0.147 e. The third kappa shape index (κ3) is 4.54. The molecule has 3 fully saturated rings. The fraction of sp³-hybridized carbons (Fsp3) is 0.500. The predicted molar refractivity (Wildman–Crippen MR) is 145 cm³/mol. The van der Waals surface area contributed by atoms with Crippen LogP contribution in [0.15, 0.2) is 36.8 Å². The number of nitrogens with zero attached hydrogens (tertiary/aromatic N) is 7. The predicted octanol–water partition coefficient (Wildman–Crippen LogP) is 3.80. The molecule has 40 heavy (non-hydrogen) atoms. The highest BCUT2D eigenvalue weighted by Gasteiger charge is 2.47. The number of rotatable bonds is 8. The highest BCUT2D eigenvalue weighted by Crippen LogP contribution is 2.46. The van der Waals surface area contributed by atoms with Crippen LogP contribution in [0.25, 0.3) is 16.8 Å². The van der Waals surface area contributed by atoms with Crippen molar-refractivity contribution in [1.82, 2.24) is 34.5 Å². The van der Waals surface area contributed by atoms with E-state index in [1.807, 2.05) is 23.9 Å². The Balaban J connectivity index is 1.16. The van der Waals surface area contributed by atoms with Crippen LogP contribution in [0.2, 0.25) is 5.02 Å². The zero-order valence-electron chi connectivity index (χ0n) is 22.2. The number of likely N-dealkylation sites (tertiary alicyclic amines) is 1. The molecule has 210 valence electrons. The molecule has 12 heteroatoms. The van der Waals surface area contributed by atoms with Gasteiger partial charge in [-0.25, -0.2) is 13.6 Å². The lowest BCUT2D eigenvalue weighted by Crippen LogP contribution is -2.52. The SMILES string of the molecule is Cc1c(-c2cc(OC[C@@](O)(c3ccc(F)cn3)C3CC3)c3c(Cl)cnn3c2)nnn1C1CCN(C2COC2)CC1. The molecule has 1 atom stereocenters. The van der Waals surface area contributed by atoms with Crippen molar-refractivity contribution in [2.24, 2.45) is 5.92 Å². The molecule has 1 N–H and O–H groups in total. The Morgan fingerprint density at radius 1 is 1.15 bits per heavy atom. The summed E-state index contributed by atoms with van der Waals surface area (Å²) >= 11 is 6.50. The van der Waals surface area contributed by atoms with Crippen LogP contribution in [0.1, 0.15) is 43.1 Å². The second-order valence-corrected chi connectivity index (χ2v) is 11.6. The van der Waals surface area contributed by atoms with Gasteiger partial charge in [0.15, 0.2) is 0 Å². The van der Waals surface area contributed by atoms with Gasteiger partial charge in [0, 0.05) is 24.8 Å². The molecular formula is C28H31ClFN7O3. The van der Waals surface area contributed by atoms with E-state index in [4.69, 9.17) is 21.1 Å². The third-order valence-electron chi connectivity index (χ3n) is 8.59. The van der Waals surface area contributed by atoms with Crippen LogP contribution in [-0.2, 0) is 10.3 Å². The maximum absolute atomic E-state index is 13.5. The van der Waals surface area contributed by atoms with Crippen molar-refractivity contribution in [3.8, 4) is 17.0 Å². The summed E-state index contributed by atoms with van der Waals surface area (Å²) in [5.41, 5.74) is 2.12. The van der Waals surface area contributed by atoms with E-state index in [9.17, 15) is 9.50 Å². The minimum Gasteiger partial charge on any atom is -0.488 e. The molecule has 0 radical (unpaired) electrons. The van der Waals surface area contributed by atoms with Crippen molar-refractivity contribution in [2.45, 2.75) is 50.3 Å². The summed E-state index contributed by atoms with van der Waals surface area (Å²) in [4.78, 5) is 6.67. The van der Waals surface area contributed by atoms with E-state index in [2.05, 4.69) is 25.3 Å². The minimum absolute atomic E-state index is 0.0181. The average Bonchev–Trinajstić information content (AvgIpc) is 3.63. The van der Waals surface area contributed by atoms with Crippen LogP contribution in [0.3, 0.4) is 0 Å². The van der Waals surface area contributed by atoms with E-state index in [0.717, 1.165) is 75.1 Å². The number of fused-ring (bicyclic) bond motifs is 1. The van der Waals surface area contributed by atoms with Gasteiger partial charge in [0.05, 0.1) is 54.1 Å². The molecule has 1 aliphatic carbocycles. The van der Waals surface area contributed by atoms with Crippen LogP contribution in [-0.4, -0.2) is 78.6 Å². The second-order valence-electron chi connectivity index (χ2n) is 11.2. The lowest BCUT2D eigenvalue weighted by atomic mass is 9.94. The molecule has 0 aromatic carbocycles. The number of hydrogen-bond donors (Lipinski definition) is 1. The van der Waals surface area contributed by atoms with Gasteiger partial charge in [-0.3, -0.25) is 9.88 Å². The van der Waals surface area contributed by atoms with Crippen molar-refractivity contribution < 1.29 is 19.0 Å². The molecule has 0 bridgehead atoms. The average molecular weight is 568 g/mol. The van der Waals surface area contributed by atoms with Crippen molar-refractivity contribution in [3.05, 3.63) is 59.0 Å². The van der Waals surface area contributed by atoms with Gasteiger partial charge in [-0.1, -0.05) is 16.8 Å². The molecule has 0 spiro atoms. The zero-order valence-corrected chi connectivity index (χ0v) is 23.0. The van der Waals surface area contributed by atoms with Gasteiger partial charge in [-0.2, -0.15) is 5.10 Å². The summed E-state index contributed by atoms with van der Waals surface area (Å²) in [5.74, 6) is -0.00760. The van der Waals surface area contributed by atoms with Gasteiger partial charge < -0.3 is 14.6 Å². The van der Waals surface area contributed by atoms with Gasteiger partial charge in [0.2, 0.25) is 0 Å². The fourth-order valence-corrected chi connectivity index (χ4v) is 6.18. The van der Waals surface area contributed by atoms with Crippen molar-refractivity contribution in [1.29, 1.82) is 0 Å². The van der Waals surface area contributed by atoms with Gasteiger partial charge in [-0.05, 0) is 56.7 Å². The van der Waals surface area contributed by atoms with Crippen LogP contribution < -0.4 is 4.74 Å². The summed E-state index contributed by atoms with van der Waals surface area (Å²) in [5, 5.41) is 25.6.